The van der Waals surface area contributed by atoms with Gasteiger partial charge < -0.3 is 15.4 Å². The van der Waals surface area contributed by atoms with Crippen molar-refractivity contribution in [2.75, 3.05) is 26.8 Å². The molecule has 1 aliphatic heterocycles. The summed E-state index contributed by atoms with van der Waals surface area (Å²) in [7, 11) is 1.65. The maximum Gasteiger partial charge on any atom is 0.225 e. The van der Waals surface area contributed by atoms with Crippen molar-refractivity contribution in [2.24, 2.45) is 11.8 Å². The molecule has 1 fully saturated rings. The second kappa shape index (κ2) is 4.94. The van der Waals surface area contributed by atoms with Gasteiger partial charge in [-0.25, -0.2) is 0 Å². The summed E-state index contributed by atoms with van der Waals surface area (Å²) >= 11 is 0. The van der Waals surface area contributed by atoms with E-state index in [-0.39, 0.29) is 17.4 Å². The van der Waals surface area contributed by atoms with Gasteiger partial charge in [-0.1, -0.05) is 6.92 Å². The Labute approximate surface area is 91.8 Å². The van der Waals surface area contributed by atoms with E-state index >= 15 is 0 Å². The fourth-order valence-corrected chi connectivity index (χ4v) is 1.98. The third-order valence-corrected chi connectivity index (χ3v) is 2.82. The van der Waals surface area contributed by atoms with E-state index in [1.54, 1.807) is 7.11 Å². The highest BCUT2D eigenvalue weighted by molar-refractivity contribution is 5.80. The minimum atomic E-state index is -0.284. The highest BCUT2D eigenvalue weighted by atomic mass is 16.5. The van der Waals surface area contributed by atoms with Crippen LogP contribution in [0, 0.1) is 11.8 Å². The first-order valence-corrected chi connectivity index (χ1v) is 5.48. The van der Waals surface area contributed by atoms with Gasteiger partial charge in [-0.15, -0.1) is 0 Å². The second-order valence-electron chi connectivity index (χ2n) is 5.05. The van der Waals surface area contributed by atoms with E-state index < -0.39 is 0 Å². The third kappa shape index (κ3) is 3.47. The smallest absolute Gasteiger partial charge is 0.225 e. The van der Waals surface area contributed by atoms with E-state index in [0.717, 1.165) is 13.1 Å². The van der Waals surface area contributed by atoms with Gasteiger partial charge in [-0.05, 0) is 26.3 Å². The molecule has 0 aromatic heterocycles. The van der Waals surface area contributed by atoms with Gasteiger partial charge in [0.15, 0.2) is 0 Å². The number of carbonyl (C=O) groups is 1. The van der Waals surface area contributed by atoms with E-state index in [1.165, 1.54) is 0 Å². The highest BCUT2D eigenvalue weighted by Crippen LogP contribution is 2.17. The lowest BCUT2D eigenvalue weighted by atomic mass is 9.95. The van der Waals surface area contributed by atoms with Crippen LogP contribution >= 0.6 is 0 Å². The summed E-state index contributed by atoms with van der Waals surface area (Å²) in [6, 6.07) is 0. The zero-order chi connectivity index (χ0) is 11.5. The average molecular weight is 214 g/mol. The largest absolute Gasteiger partial charge is 0.382 e. The van der Waals surface area contributed by atoms with E-state index in [4.69, 9.17) is 4.74 Å². The molecule has 0 saturated carbocycles. The molecule has 0 aromatic rings. The summed E-state index contributed by atoms with van der Waals surface area (Å²) in [5.41, 5.74) is -0.284. The molecule has 1 rings (SSSR count). The van der Waals surface area contributed by atoms with Crippen LogP contribution in [0.2, 0.25) is 0 Å². The predicted molar refractivity (Wildman–Crippen MR) is 59.6 cm³/mol. The average Bonchev–Trinajstić information content (AvgIpc) is 2.50. The maximum atomic E-state index is 11.9. The maximum absolute atomic E-state index is 11.9. The Morgan fingerprint density at radius 1 is 1.53 bits per heavy atom. The minimum absolute atomic E-state index is 0.0983. The monoisotopic (exact) mass is 214 g/mol. The lowest BCUT2D eigenvalue weighted by Gasteiger charge is -2.27. The van der Waals surface area contributed by atoms with Crippen LogP contribution in [0.3, 0.4) is 0 Å². The zero-order valence-electron chi connectivity index (χ0n) is 10.1. The van der Waals surface area contributed by atoms with Crippen LogP contribution in [0.5, 0.6) is 0 Å². The molecule has 1 saturated heterocycles. The Morgan fingerprint density at radius 3 is 2.67 bits per heavy atom. The number of nitrogens with one attached hydrogen (secondary N) is 2. The molecule has 4 heteroatoms. The Hall–Kier alpha value is -0.610. The molecular weight excluding hydrogens is 192 g/mol. The molecule has 2 unspecified atom stereocenters. The van der Waals surface area contributed by atoms with Gasteiger partial charge in [0.05, 0.1) is 18.1 Å². The summed E-state index contributed by atoms with van der Waals surface area (Å²) in [5, 5.41) is 6.25. The van der Waals surface area contributed by atoms with Crippen LogP contribution in [0.4, 0.5) is 0 Å². The molecule has 0 aliphatic carbocycles. The summed E-state index contributed by atoms with van der Waals surface area (Å²) in [6.45, 7) is 8.31. The molecule has 2 N–H and O–H groups in total. The van der Waals surface area contributed by atoms with E-state index in [0.29, 0.717) is 12.5 Å². The molecule has 15 heavy (non-hydrogen) atoms. The van der Waals surface area contributed by atoms with Gasteiger partial charge in [0.1, 0.15) is 0 Å². The van der Waals surface area contributed by atoms with Gasteiger partial charge in [-0.3, -0.25) is 4.79 Å². The normalized spacial score (nSPS) is 26.7. The summed E-state index contributed by atoms with van der Waals surface area (Å²) in [4.78, 5) is 11.9. The number of hydrogen-bond donors (Lipinski definition) is 2. The van der Waals surface area contributed by atoms with Crippen LogP contribution in [0.1, 0.15) is 20.8 Å². The molecule has 88 valence electrons. The standard InChI is InChI=1S/C11H22N2O2/c1-8-5-12-6-9(8)10(14)13-11(2,3)7-15-4/h8-9,12H,5-7H2,1-4H3,(H,13,14). The van der Waals surface area contributed by atoms with Gasteiger partial charge in [0.25, 0.3) is 0 Å². The van der Waals surface area contributed by atoms with Crippen molar-refractivity contribution in [1.82, 2.24) is 10.6 Å². The van der Waals surface area contributed by atoms with Gasteiger partial charge in [0.2, 0.25) is 5.91 Å². The molecule has 1 amide bonds. The van der Waals surface area contributed by atoms with Crippen LogP contribution in [-0.4, -0.2) is 38.3 Å². The third-order valence-electron chi connectivity index (χ3n) is 2.82. The molecule has 4 nitrogen and oxygen atoms in total. The number of rotatable bonds is 4. The van der Waals surface area contributed by atoms with Crippen molar-refractivity contribution in [3.05, 3.63) is 0 Å². The van der Waals surface area contributed by atoms with Gasteiger partial charge in [-0.2, -0.15) is 0 Å². The van der Waals surface area contributed by atoms with Gasteiger partial charge in [0, 0.05) is 13.7 Å². The summed E-state index contributed by atoms with van der Waals surface area (Å²) in [5.74, 6) is 0.652. The lowest BCUT2D eigenvalue weighted by molar-refractivity contribution is -0.127. The van der Waals surface area contributed by atoms with Crippen molar-refractivity contribution in [3.63, 3.8) is 0 Å². The number of hydrogen-bond acceptors (Lipinski definition) is 3. The Morgan fingerprint density at radius 2 is 2.20 bits per heavy atom. The van der Waals surface area contributed by atoms with Crippen molar-refractivity contribution in [2.45, 2.75) is 26.3 Å². The summed E-state index contributed by atoms with van der Waals surface area (Å²) in [6.07, 6.45) is 0. The van der Waals surface area contributed by atoms with Gasteiger partial charge >= 0.3 is 0 Å². The van der Waals surface area contributed by atoms with E-state index in [1.807, 2.05) is 13.8 Å². The SMILES string of the molecule is COCC(C)(C)NC(=O)C1CNCC1C. The van der Waals surface area contributed by atoms with Crippen LogP contribution in [-0.2, 0) is 9.53 Å². The quantitative estimate of drug-likeness (QED) is 0.711. The Bertz CT molecular complexity index is 229. The van der Waals surface area contributed by atoms with Crippen molar-refractivity contribution >= 4 is 5.91 Å². The number of amides is 1. The highest BCUT2D eigenvalue weighted by Gasteiger charge is 2.32. The van der Waals surface area contributed by atoms with E-state index in [2.05, 4.69) is 17.6 Å². The number of ether oxygens (including phenoxy) is 1. The fraction of sp³-hybridized carbons (Fsp3) is 0.909. The number of methoxy groups -OCH3 is 1. The van der Waals surface area contributed by atoms with Crippen LogP contribution in [0.15, 0.2) is 0 Å². The summed E-state index contributed by atoms with van der Waals surface area (Å²) < 4.78 is 5.07. The molecule has 2 atom stereocenters. The molecular formula is C11H22N2O2. The first-order chi connectivity index (χ1) is 6.96. The van der Waals surface area contributed by atoms with Crippen LogP contribution < -0.4 is 10.6 Å². The molecule has 1 aliphatic rings. The van der Waals surface area contributed by atoms with Crippen molar-refractivity contribution in [3.8, 4) is 0 Å². The molecule has 0 bridgehead atoms. The molecule has 0 spiro atoms. The lowest BCUT2D eigenvalue weighted by Crippen LogP contribution is -2.50. The first kappa shape index (κ1) is 12.5. The minimum Gasteiger partial charge on any atom is -0.382 e. The Kier molecular flexibility index (Phi) is 4.11. The van der Waals surface area contributed by atoms with E-state index in [9.17, 15) is 4.79 Å². The number of carbonyl (C=O) groups excluding carboxylic acids is 1. The van der Waals surface area contributed by atoms with Crippen molar-refractivity contribution in [1.29, 1.82) is 0 Å². The Balaban J connectivity index is 2.47. The van der Waals surface area contributed by atoms with Crippen LogP contribution in [0.25, 0.3) is 0 Å². The first-order valence-electron chi connectivity index (χ1n) is 5.48. The molecule has 0 radical (unpaired) electrons. The predicted octanol–water partition coefficient (Wildman–Crippen LogP) is 0.383. The zero-order valence-corrected chi connectivity index (χ0v) is 10.1. The second-order valence-corrected chi connectivity index (χ2v) is 5.05. The molecule has 0 aromatic carbocycles. The van der Waals surface area contributed by atoms with Crippen molar-refractivity contribution < 1.29 is 9.53 Å². The topological polar surface area (TPSA) is 50.4 Å². The molecule has 1 heterocycles. The fourth-order valence-electron chi connectivity index (χ4n) is 1.98.